The summed E-state index contributed by atoms with van der Waals surface area (Å²) < 4.78 is 0. The molecule has 0 amide bonds. The molecule has 1 aromatic carbocycles. The van der Waals surface area contributed by atoms with Crippen LogP contribution in [0.2, 0.25) is 0 Å². The van der Waals surface area contributed by atoms with Gasteiger partial charge in [-0.1, -0.05) is 17.7 Å². The van der Waals surface area contributed by atoms with E-state index in [1.54, 1.807) is 0 Å². The van der Waals surface area contributed by atoms with E-state index in [0.29, 0.717) is 0 Å². The quantitative estimate of drug-likeness (QED) is 0.899. The molecule has 2 rings (SSSR count). The number of rotatable bonds is 5. The summed E-state index contributed by atoms with van der Waals surface area (Å²) in [5.74, 6) is 2.59. The molecule has 0 aliphatic carbocycles. The molecule has 0 unspecified atom stereocenters. The molecule has 1 aromatic heterocycles. The van der Waals surface area contributed by atoms with Crippen molar-refractivity contribution in [1.29, 1.82) is 0 Å². The fraction of sp³-hybridized carbons (Fsp3) is 0.375. The Labute approximate surface area is 120 Å². The number of anilines is 3. The van der Waals surface area contributed by atoms with E-state index < -0.39 is 0 Å². The average molecular weight is 270 g/mol. The van der Waals surface area contributed by atoms with Gasteiger partial charge in [-0.25, -0.2) is 9.97 Å². The van der Waals surface area contributed by atoms with Crippen LogP contribution in [0.15, 0.2) is 30.3 Å². The summed E-state index contributed by atoms with van der Waals surface area (Å²) in [6.45, 7) is 9.93. The normalized spacial score (nSPS) is 10.4. The van der Waals surface area contributed by atoms with Crippen LogP contribution in [-0.4, -0.2) is 23.1 Å². The zero-order valence-electron chi connectivity index (χ0n) is 12.6. The van der Waals surface area contributed by atoms with Crippen LogP contribution in [0.1, 0.15) is 25.2 Å². The largest absolute Gasteiger partial charge is 0.370 e. The zero-order valence-corrected chi connectivity index (χ0v) is 12.6. The first-order chi connectivity index (χ1) is 9.63. The predicted molar refractivity (Wildman–Crippen MR) is 84.8 cm³/mol. The minimum atomic E-state index is 0.781. The molecular weight excluding hydrogens is 248 g/mol. The van der Waals surface area contributed by atoms with Crippen molar-refractivity contribution in [2.75, 3.05) is 23.3 Å². The molecule has 0 fully saturated rings. The molecule has 0 bridgehead atoms. The van der Waals surface area contributed by atoms with E-state index in [2.05, 4.69) is 65.2 Å². The van der Waals surface area contributed by atoms with E-state index in [1.807, 2.05) is 13.0 Å². The molecular formula is C16H22N4. The Kier molecular flexibility index (Phi) is 4.56. The van der Waals surface area contributed by atoms with Crippen LogP contribution >= 0.6 is 0 Å². The Balaban J connectivity index is 2.38. The first kappa shape index (κ1) is 14.3. The van der Waals surface area contributed by atoms with Crippen molar-refractivity contribution in [1.82, 2.24) is 9.97 Å². The van der Waals surface area contributed by atoms with Crippen LogP contribution in [0, 0.1) is 13.8 Å². The van der Waals surface area contributed by atoms with Gasteiger partial charge in [0.2, 0.25) is 0 Å². The standard InChI is InChI=1S/C16H22N4/c1-5-17-15-11-16(19-13(4)18-15)20(6-2)14-9-7-12(3)8-10-14/h7-11H,5-6H2,1-4H3,(H,17,18,19). The van der Waals surface area contributed by atoms with Crippen LogP contribution in [0.4, 0.5) is 17.3 Å². The lowest BCUT2D eigenvalue weighted by Gasteiger charge is -2.23. The maximum atomic E-state index is 4.56. The molecule has 1 heterocycles. The van der Waals surface area contributed by atoms with Gasteiger partial charge < -0.3 is 10.2 Å². The predicted octanol–water partition coefficient (Wildman–Crippen LogP) is 3.68. The Morgan fingerprint density at radius 3 is 2.35 bits per heavy atom. The molecule has 0 aliphatic rings. The Morgan fingerprint density at radius 2 is 1.75 bits per heavy atom. The Bertz CT molecular complexity index is 563. The van der Waals surface area contributed by atoms with E-state index in [-0.39, 0.29) is 0 Å². The van der Waals surface area contributed by atoms with Crippen molar-refractivity contribution in [2.45, 2.75) is 27.7 Å². The summed E-state index contributed by atoms with van der Waals surface area (Å²) in [6, 6.07) is 10.5. The third-order valence-corrected chi connectivity index (χ3v) is 3.12. The van der Waals surface area contributed by atoms with Gasteiger partial charge in [0.05, 0.1) is 0 Å². The van der Waals surface area contributed by atoms with E-state index in [4.69, 9.17) is 0 Å². The van der Waals surface area contributed by atoms with E-state index in [9.17, 15) is 0 Å². The lowest BCUT2D eigenvalue weighted by Crippen LogP contribution is -2.18. The molecule has 0 saturated heterocycles. The van der Waals surface area contributed by atoms with Crippen LogP contribution in [0.25, 0.3) is 0 Å². The van der Waals surface area contributed by atoms with Crippen molar-refractivity contribution in [2.24, 2.45) is 0 Å². The Hall–Kier alpha value is -2.10. The fourth-order valence-corrected chi connectivity index (χ4v) is 2.16. The van der Waals surface area contributed by atoms with Gasteiger partial charge in [0.1, 0.15) is 17.5 Å². The average Bonchev–Trinajstić information content (AvgIpc) is 2.41. The number of benzene rings is 1. The van der Waals surface area contributed by atoms with Gasteiger partial charge in [-0.3, -0.25) is 0 Å². The van der Waals surface area contributed by atoms with Gasteiger partial charge in [0, 0.05) is 24.8 Å². The minimum Gasteiger partial charge on any atom is -0.370 e. The van der Waals surface area contributed by atoms with Gasteiger partial charge >= 0.3 is 0 Å². The summed E-state index contributed by atoms with van der Waals surface area (Å²) >= 11 is 0. The van der Waals surface area contributed by atoms with Crippen LogP contribution in [0.5, 0.6) is 0 Å². The van der Waals surface area contributed by atoms with E-state index >= 15 is 0 Å². The molecule has 0 aliphatic heterocycles. The van der Waals surface area contributed by atoms with Gasteiger partial charge in [-0.2, -0.15) is 0 Å². The van der Waals surface area contributed by atoms with Crippen LogP contribution in [0.3, 0.4) is 0 Å². The molecule has 20 heavy (non-hydrogen) atoms. The fourth-order valence-electron chi connectivity index (χ4n) is 2.16. The highest BCUT2D eigenvalue weighted by Gasteiger charge is 2.10. The molecule has 2 aromatic rings. The van der Waals surface area contributed by atoms with Crippen molar-refractivity contribution in [3.8, 4) is 0 Å². The number of hydrogen-bond acceptors (Lipinski definition) is 4. The third-order valence-electron chi connectivity index (χ3n) is 3.12. The number of nitrogens with one attached hydrogen (secondary N) is 1. The summed E-state index contributed by atoms with van der Waals surface area (Å²) in [7, 11) is 0. The smallest absolute Gasteiger partial charge is 0.138 e. The lowest BCUT2D eigenvalue weighted by molar-refractivity contribution is 0.948. The summed E-state index contributed by atoms with van der Waals surface area (Å²) in [5, 5.41) is 3.25. The highest BCUT2D eigenvalue weighted by Crippen LogP contribution is 2.25. The topological polar surface area (TPSA) is 41.0 Å². The maximum absolute atomic E-state index is 4.56. The maximum Gasteiger partial charge on any atom is 0.138 e. The van der Waals surface area contributed by atoms with Crippen molar-refractivity contribution >= 4 is 17.3 Å². The van der Waals surface area contributed by atoms with Gasteiger partial charge in [-0.15, -0.1) is 0 Å². The molecule has 106 valence electrons. The molecule has 0 atom stereocenters. The monoisotopic (exact) mass is 270 g/mol. The second-order valence-corrected chi connectivity index (χ2v) is 4.77. The molecule has 0 saturated carbocycles. The van der Waals surface area contributed by atoms with Gasteiger partial charge in [-0.05, 0) is 39.8 Å². The number of aromatic nitrogens is 2. The van der Waals surface area contributed by atoms with Gasteiger partial charge in [0.25, 0.3) is 0 Å². The summed E-state index contributed by atoms with van der Waals surface area (Å²) in [4.78, 5) is 11.1. The van der Waals surface area contributed by atoms with E-state index in [1.165, 1.54) is 5.56 Å². The SMILES string of the molecule is CCNc1cc(N(CC)c2ccc(C)cc2)nc(C)n1. The van der Waals surface area contributed by atoms with Crippen LogP contribution < -0.4 is 10.2 Å². The number of aryl methyl sites for hydroxylation is 2. The van der Waals surface area contributed by atoms with Crippen molar-refractivity contribution < 1.29 is 0 Å². The van der Waals surface area contributed by atoms with Crippen molar-refractivity contribution in [3.63, 3.8) is 0 Å². The molecule has 0 spiro atoms. The molecule has 0 radical (unpaired) electrons. The second kappa shape index (κ2) is 6.37. The molecule has 1 N–H and O–H groups in total. The summed E-state index contributed by atoms with van der Waals surface area (Å²) in [5.41, 5.74) is 2.41. The highest BCUT2D eigenvalue weighted by molar-refractivity contribution is 5.62. The molecule has 4 heteroatoms. The van der Waals surface area contributed by atoms with Crippen LogP contribution in [-0.2, 0) is 0 Å². The van der Waals surface area contributed by atoms with E-state index in [0.717, 1.165) is 36.2 Å². The zero-order chi connectivity index (χ0) is 14.5. The number of hydrogen-bond donors (Lipinski definition) is 1. The Morgan fingerprint density at radius 1 is 1.05 bits per heavy atom. The second-order valence-electron chi connectivity index (χ2n) is 4.77. The first-order valence-electron chi connectivity index (χ1n) is 7.07. The molecule has 4 nitrogen and oxygen atoms in total. The lowest BCUT2D eigenvalue weighted by atomic mass is 10.2. The third kappa shape index (κ3) is 3.26. The first-order valence-corrected chi connectivity index (χ1v) is 7.07. The summed E-state index contributed by atoms with van der Waals surface area (Å²) in [6.07, 6.45) is 0. The van der Waals surface area contributed by atoms with Crippen molar-refractivity contribution in [3.05, 3.63) is 41.7 Å². The highest BCUT2D eigenvalue weighted by atomic mass is 15.2. The number of nitrogens with zero attached hydrogens (tertiary/aromatic N) is 3. The minimum absolute atomic E-state index is 0.781. The van der Waals surface area contributed by atoms with Gasteiger partial charge in [0.15, 0.2) is 0 Å².